The second-order valence-electron chi connectivity index (χ2n) is 12.2. The number of hydrogen-bond donors (Lipinski definition) is 0. The molecule has 0 aliphatic rings. The second-order valence-corrected chi connectivity index (χ2v) is 12.2. The first-order chi connectivity index (χ1) is 26.4. The lowest BCUT2D eigenvalue weighted by molar-refractivity contribution is 0.669. The summed E-state index contributed by atoms with van der Waals surface area (Å²) in [7, 11) is 0. The van der Waals surface area contributed by atoms with Crippen molar-refractivity contribution in [2.75, 3.05) is 0 Å². The van der Waals surface area contributed by atoms with E-state index in [0.29, 0.717) is 39.1 Å². The van der Waals surface area contributed by atoms with Gasteiger partial charge in [-0.1, -0.05) is 127 Å². The summed E-state index contributed by atoms with van der Waals surface area (Å²) in [5.41, 5.74) is 7.97. The lowest BCUT2D eigenvalue weighted by Gasteiger charge is -2.11. The van der Waals surface area contributed by atoms with Gasteiger partial charge in [0.05, 0.1) is 16.5 Å². The van der Waals surface area contributed by atoms with Crippen LogP contribution < -0.4 is 0 Å². The Morgan fingerprint density at radius 3 is 1.90 bits per heavy atom. The van der Waals surface area contributed by atoms with Gasteiger partial charge in [0.1, 0.15) is 11.2 Å². The Bertz CT molecular complexity index is 3100. The Kier molecular flexibility index (Phi) is 5.54. The first-order valence-corrected chi connectivity index (χ1v) is 16.4. The van der Waals surface area contributed by atoms with Gasteiger partial charge < -0.3 is 4.42 Å². The summed E-state index contributed by atoms with van der Waals surface area (Å²) in [5, 5.41) is 3.05. The van der Waals surface area contributed by atoms with Gasteiger partial charge in [0.15, 0.2) is 11.6 Å². The molecule has 3 heterocycles. The summed E-state index contributed by atoms with van der Waals surface area (Å²) in [5.74, 6) is 1.05. The third-order valence-corrected chi connectivity index (χ3v) is 9.19. The van der Waals surface area contributed by atoms with Gasteiger partial charge in [0, 0.05) is 32.7 Å². The number of para-hydroxylation sites is 2. The van der Waals surface area contributed by atoms with Crippen LogP contribution in [0.4, 0.5) is 0 Å². The van der Waals surface area contributed by atoms with Crippen molar-refractivity contribution >= 4 is 43.7 Å². The average molecular weight is 645 g/mol. The molecule has 0 fully saturated rings. The van der Waals surface area contributed by atoms with Crippen molar-refractivity contribution in [2.45, 2.75) is 0 Å². The molecular formula is C45H28N4O. The van der Waals surface area contributed by atoms with Crippen molar-refractivity contribution in [3.05, 3.63) is 170 Å². The summed E-state index contributed by atoms with van der Waals surface area (Å²) in [4.78, 5) is 14.9. The van der Waals surface area contributed by atoms with Crippen molar-refractivity contribution in [3.8, 4) is 51.0 Å². The van der Waals surface area contributed by atoms with Crippen LogP contribution in [0.5, 0.6) is 0 Å². The lowest BCUT2D eigenvalue weighted by atomic mass is 9.98. The van der Waals surface area contributed by atoms with E-state index in [4.69, 9.17) is 23.5 Å². The number of aromatic nitrogens is 4. The quantitative estimate of drug-likeness (QED) is 0.187. The zero-order valence-electron chi connectivity index (χ0n) is 30.6. The topological polar surface area (TPSA) is 56.7 Å². The highest BCUT2D eigenvalue weighted by molar-refractivity contribution is 6.10. The molecule has 0 amide bonds. The lowest BCUT2D eigenvalue weighted by Crippen LogP contribution is -2.06. The number of hydrogen-bond acceptors (Lipinski definition) is 4. The van der Waals surface area contributed by atoms with Gasteiger partial charge in [-0.3, -0.25) is 4.57 Å². The fourth-order valence-corrected chi connectivity index (χ4v) is 6.79. The van der Waals surface area contributed by atoms with E-state index in [-0.39, 0.29) is 35.6 Å². The normalized spacial score (nSPS) is 12.7. The maximum Gasteiger partial charge on any atom is 0.238 e. The minimum Gasteiger partial charge on any atom is -0.456 e. The van der Waals surface area contributed by atoms with Gasteiger partial charge in [0.25, 0.3) is 0 Å². The third-order valence-electron chi connectivity index (χ3n) is 9.19. The van der Waals surface area contributed by atoms with Crippen LogP contribution in [-0.4, -0.2) is 19.5 Å². The summed E-state index contributed by atoms with van der Waals surface area (Å²) >= 11 is 0. The molecule has 0 unspecified atom stereocenters. The predicted molar refractivity (Wildman–Crippen MR) is 203 cm³/mol. The maximum absolute atomic E-state index is 9.17. The van der Waals surface area contributed by atoms with Crippen molar-refractivity contribution in [2.24, 2.45) is 0 Å². The van der Waals surface area contributed by atoms with Crippen LogP contribution in [0.15, 0.2) is 174 Å². The SMILES string of the molecule is [2H]c1c([2H])c([2H])c2c(c1[2H])c1cc(-c3cccc(-c4ccccc4)c3)ccc1n2-c1nc(-c2ccccc2)nc(-c2ccc3c(c2)oc2ccccc23)n1. The van der Waals surface area contributed by atoms with Crippen molar-refractivity contribution < 1.29 is 9.90 Å². The Hall–Kier alpha value is -6.85. The van der Waals surface area contributed by atoms with E-state index in [1.807, 2.05) is 121 Å². The highest BCUT2D eigenvalue weighted by Crippen LogP contribution is 2.37. The number of furan rings is 1. The van der Waals surface area contributed by atoms with Crippen LogP contribution in [0, 0.1) is 0 Å². The van der Waals surface area contributed by atoms with Crippen LogP contribution in [0.2, 0.25) is 0 Å². The zero-order valence-corrected chi connectivity index (χ0v) is 26.6. The first kappa shape index (κ1) is 24.3. The summed E-state index contributed by atoms with van der Waals surface area (Å²) in [6.45, 7) is 0. The van der Waals surface area contributed by atoms with E-state index >= 15 is 0 Å². The monoisotopic (exact) mass is 644 g/mol. The highest BCUT2D eigenvalue weighted by atomic mass is 16.3. The molecule has 234 valence electrons. The number of rotatable bonds is 5. The highest BCUT2D eigenvalue weighted by Gasteiger charge is 2.19. The van der Waals surface area contributed by atoms with Gasteiger partial charge >= 0.3 is 0 Å². The first-order valence-electron chi connectivity index (χ1n) is 18.4. The fourth-order valence-electron chi connectivity index (χ4n) is 6.79. The molecule has 0 aliphatic heterocycles. The number of fused-ring (bicyclic) bond motifs is 6. The van der Waals surface area contributed by atoms with Gasteiger partial charge in [0.2, 0.25) is 5.95 Å². The average Bonchev–Trinajstić information content (AvgIpc) is 3.78. The van der Waals surface area contributed by atoms with Crippen LogP contribution in [0.1, 0.15) is 5.48 Å². The minimum atomic E-state index is -0.333. The van der Waals surface area contributed by atoms with Gasteiger partial charge in [-0.25, -0.2) is 4.98 Å². The molecule has 0 N–H and O–H groups in total. The second kappa shape index (κ2) is 11.4. The van der Waals surface area contributed by atoms with Gasteiger partial charge in [-0.05, 0) is 64.7 Å². The Morgan fingerprint density at radius 2 is 1.06 bits per heavy atom. The standard InChI is InChI=1S/C45H28N4O/c1-3-12-29(13-4-1)31-16-11-17-32(26-31)33-23-25-40-38(27-33)35-18-7-9-20-39(35)49(40)45-47-43(30-14-5-2-6-15-30)46-44(48-45)34-22-24-37-36-19-8-10-21-41(36)50-42(37)28-34/h1-28H/i7D,9D,18D,20D. The molecule has 50 heavy (non-hydrogen) atoms. The third kappa shape index (κ3) is 4.67. The van der Waals surface area contributed by atoms with Gasteiger partial charge in [-0.2, -0.15) is 9.97 Å². The van der Waals surface area contributed by atoms with E-state index in [9.17, 15) is 1.37 Å². The van der Waals surface area contributed by atoms with Crippen molar-refractivity contribution in [1.82, 2.24) is 19.5 Å². The van der Waals surface area contributed by atoms with E-state index in [1.54, 1.807) is 4.57 Å². The Balaban J connectivity index is 1.23. The van der Waals surface area contributed by atoms with E-state index < -0.39 is 0 Å². The molecule has 10 rings (SSSR count). The molecule has 0 bridgehead atoms. The van der Waals surface area contributed by atoms with E-state index in [1.165, 1.54) is 0 Å². The molecule has 0 radical (unpaired) electrons. The Labute approximate surface area is 293 Å². The molecule has 0 aliphatic carbocycles. The van der Waals surface area contributed by atoms with Crippen LogP contribution in [-0.2, 0) is 0 Å². The molecular weight excluding hydrogens is 613 g/mol. The number of benzene rings is 7. The van der Waals surface area contributed by atoms with Crippen molar-refractivity contribution in [1.29, 1.82) is 0 Å². The fraction of sp³-hybridized carbons (Fsp3) is 0. The summed E-state index contributed by atoms with van der Waals surface area (Å²) in [6.07, 6.45) is 0. The molecule has 10 aromatic rings. The van der Waals surface area contributed by atoms with E-state index in [2.05, 4.69) is 24.3 Å². The van der Waals surface area contributed by atoms with Crippen LogP contribution >= 0.6 is 0 Å². The Morgan fingerprint density at radius 1 is 0.420 bits per heavy atom. The largest absolute Gasteiger partial charge is 0.456 e. The molecule has 5 nitrogen and oxygen atoms in total. The molecule has 7 aromatic carbocycles. The van der Waals surface area contributed by atoms with Crippen LogP contribution in [0.25, 0.3) is 94.7 Å². The summed E-state index contributed by atoms with van der Waals surface area (Å²) in [6, 6.07) is 46.9. The van der Waals surface area contributed by atoms with Gasteiger partial charge in [-0.15, -0.1) is 0 Å². The van der Waals surface area contributed by atoms with Crippen molar-refractivity contribution in [3.63, 3.8) is 0 Å². The number of nitrogens with zero attached hydrogens (tertiary/aromatic N) is 4. The predicted octanol–water partition coefficient (Wildman–Crippen LogP) is 11.5. The minimum absolute atomic E-state index is 0.127. The smallest absolute Gasteiger partial charge is 0.238 e. The van der Waals surface area contributed by atoms with E-state index in [0.717, 1.165) is 44.2 Å². The maximum atomic E-state index is 9.17. The molecule has 0 saturated heterocycles. The molecule has 0 spiro atoms. The molecule has 0 atom stereocenters. The zero-order chi connectivity index (χ0) is 36.5. The molecule has 5 heteroatoms. The van der Waals surface area contributed by atoms with Crippen LogP contribution in [0.3, 0.4) is 0 Å². The summed E-state index contributed by atoms with van der Waals surface area (Å²) < 4.78 is 43.6. The molecule has 3 aromatic heterocycles. The molecule has 0 saturated carbocycles.